The van der Waals surface area contributed by atoms with Crippen molar-refractivity contribution in [3.63, 3.8) is 0 Å². The van der Waals surface area contributed by atoms with Gasteiger partial charge in [0, 0.05) is 6.08 Å². The van der Waals surface area contributed by atoms with Gasteiger partial charge in [0.05, 0.1) is 24.5 Å². The van der Waals surface area contributed by atoms with Gasteiger partial charge < -0.3 is 14.6 Å². The van der Waals surface area contributed by atoms with Crippen LogP contribution in [0.2, 0.25) is 0 Å². The molecule has 0 aromatic heterocycles. The molecule has 0 aliphatic heterocycles. The Balaban J connectivity index is 2.35. The molecule has 0 aromatic carbocycles. The minimum atomic E-state index is -0.945. The van der Waals surface area contributed by atoms with Crippen LogP contribution in [0.3, 0.4) is 0 Å². The van der Waals surface area contributed by atoms with Crippen LogP contribution >= 0.6 is 0 Å². The minimum Gasteiger partial charge on any atom is -0.481 e. The van der Waals surface area contributed by atoms with Crippen LogP contribution in [0.5, 0.6) is 0 Å². The molecule has 0 spiro atoms. The summed E-state index contributed by atoms with van der Waals surface area (Å²) in [5, 5.41) is 9.28. The summed E-state index contributed by atoms with van der Waals surface area (Å²) in [6.07, 6.45) is 4.95. The number of carbonyl (C=O) groups excluding carboxylic acids is 2. The molecule has 1 fully saturated rings. The third-order valence-electron chi connectivity index (χ3n) is 4.16. The fraction of sp³-hybridized carbons (Fsp3) is 0.688. The molecule has 6 heteroatoms. The van der Waals surface area contributed by atoms with Crippen LogP contribution in [0, 0.1) is 11.3 Å². The molecular formula is C16H24O6. The first-order valence-corrected chi connectivity index (χ1v) is 7.61. The predicted octanol–water partition coefficient (Wildman–Crippen LogP) is 2.32. The van der Waals surface area contributed by atoms with E-state index in [9.17, 15) is 19.5 Å². The Bertz CT molecular complexity index is 430. The summed E-state index contributed by atoms with van der Waals surface area (Å²) in [5.74, 6) is -2.53. The van der Waals surface area contributed by atoms with Crippen LogP contribution in [0.1, 0.15) is 45.4 Å². The first kappa shape index (κ1) is 18.2. The van der Waals surface area contributed by atoms with Crippen molar-refractivity contribution in [2.75, 3.05) is 13.2 Å². The van der Waals surface area contributed by atoms with E-state index in [1.807, 2.05) is 0 Å². The van der Waals surface area contributed by atoms with Crippen LogP contribution in [-0.4, -0.2) is 36.2 Å². The van der Waals surface area contributed by atoms with Gasteiger partial charge in [-0.2, -0.15) is 0 Å². The van der Waals surface area contributed by atoms with Crippen molar-refractivity contribution in [3.05, 3.63) is 12.7 Å². The van der Waals surface area contributed by atoms with Crippen molar-refractivity contribution in [1.29, 1.82) is 0 Å². The summed E-state index contributed by atoms with van der Waals surface area (Å²) in [4.78, 5) is 34.4. The van der Waals surface area contributed by atoms with Crippen molar-refractivity contribution in [3.8, 4) is 0 Å². The van der Waals surface area contributed by atoms with Gasteiger partial charge in [-0.3, -0.25) is 9.59 Å². The Morgan fingerprint density at radius 1 is 1.23 bits per heavy atom. The number of carboxylic acids is 1. The highest BCUT2D eigenvalue weighted by Crippen LogP contribution is 2.42. The molecule has 0 bridgehead atoms. The standard InChI is InChI=1S/C16H24O6/c1-3-13(17)21-10-6-7-11-22-15(20)16(2)9-5-4-8-12(16)14(18)19/h3,12H,1,4-11H2,2H3,(H,18,19). The molecule has 0 radical (unpaired) electrons. The van der Waals surface area contributed by atoms with Gasteiger partial charge in [-0.25, -0.2) is 4.79 Å². The van der Waals surface area contributed by atoms with E-state index >= 15 is 0 Å². The smallest absolute Gasteiger partial charge is 0.330 e. The summed E-state index contributed by atoms with van der Waals surface area (Å²) in [6, 6.07) is 0. The van der Waals surface area contributed by atoms with E-state index < -0.39 is 29.2 Å². The number of carbonyl (C=O) groups is 3. The van der Waals surface area contributed by atoms with E-state index in [4.69, 9.17) is 9.47 Å². The molecule has 6 nitrogen and oxygen atoms in total. The Morgan fingerprint density at radius 2 is 1.86 bits per heavy atom. The van der Waals surface area contributed by atoms with Crippen LogP contribution in [0.25, 0.3) is 0 Å². The Labute approximate surface area is 130 Å². The molecule has 2 unspecified atom stereocenters. The lowest BCUT2D eigenvalue weighted by Gasteiger charge is -2.36. The van der Waals surface area contributed by atoms with Crippen molar-refractivity contribution >= 4 is 17.9 Å². The SMILES string of the molecule is C=CC(=O)OCCCCOC(=O)C1(C)CCCCC1C(=O)O. The zero-order chi connectivity index (χ0) is 16.6. The second-order valence-electron chi connectivity index (χ2n) is 5.77. The van der Waals surface area contributed by atoms with Crippen LogP contribution in [-0.2, 0) is 23.9 Å². The van der Waals surface area contributed by atoms with Crippen molar-refractivity contribution in [1.82, 2.24) is 0 Å². The summed E-state index contributed by atoms with van der Waals surface area (Å²) >= 11 is 0. The first-order chi connectivity index (χ1) is 10.4. The lowest BCUT2D eigenvalue weighted by Crippen LogP contribution is -2.43. The van der Waals surface area contributed by atoms with Gasteiger partial charge in [0.25, 0.3) is 0 Å². The van der Waals surface area contributed by atoms with E-state index in [0.717, 1.165) is 18.9 Å². The minimum absolute atomic E-state index is 0.201. The second kappa shape index (κ2) is 8.56. The van der Waals surface area contributed by atoms with Crippen molar-refractivity contribution in [2.45, 2.75) is 45.4 Å². The number of aliphatic carboxylic acids is 1. The molecule has 22 heavy (non-hydrogen) atoms. The highest BCUT2D eigenvalue weighted by Gasteiger charge is 2.47. The third kappa shape index (κ3) is 4.86. The number of hydrogen-bond donors (Lipinski definition) is 1. The van der Waals surface area contributed by atoms with E-state index in [1.54, 1.807) is 6.92 Å². The monoisotopic (exact) mass is 312 g/mol. The van der Waals surface area contributed by atoms with Gasteiger partial charge in [-0.1, -0.05) is 19.4 Å². The van der Waals surface area contributed by atoms with Crippen LogP contribution in [0.4, 0.5) is 0 Å². The average molecular weight is 312 g/mol. The van der Waals surface area contributed by atoms with E-state index in [0.29, 0.717) is 25.7 Å². The predicted molar refractivity (Wildman–Crippen MR) is 79.0 cm³/mol. The largest absolute Gasteiger partial charge is 0.481 e. The fourth-order valence-corrected chi connectivity index (χ4v) is 2.74. The zero-order valence-corrected chi connectivity index (χ0v) is 13.0. The van der Waals surface area contributed by atoms with Crippen molar-refractivity contribution < 1.29 is 29.0 Å². The topological polar surface area (TPSA) is 89.9 Å². The summed E-state index contributed by atoms with van der Waals surface area (Å²) in [7, 11) is 0. The summed E-state index contributed by atoms with van der Waals surface area (Å²) in [5.41, 5.74) is -0.945. The van der Waals surface area contributed by atoms with Gasteiger partial charge in [0.2, 0.25) is 0 Å². The molecule has 1 rings (SSSR count). The molecular weight excluding hydrogens is 288 g/mol. The van der Waals surface area contributed by atoms with Gasteiger partial charge in [-0.05, 0) is 32.6 Å². The molecule has 1 N–H and O–H groups in total. The number of esters is 2. The van der Waals surface area contributed by atoms with Gasteiger partial charge in [-0.15, -0.1) is 0 Å². The molecule has 0 saturated heterocycles. The van der Waals surface area contributed by atoms with Gasteiger partial charge >= 0.3 is 17.9 Å². The highest BCUT2D eigenvalue weighted by molar-refractivity contribution is 5.84. The van der Waals surface area contributed by atoms with E-state index in [-0.39, 0.29) is 13.2 Å². The first-order valence-electron chi connectivity index (χ1n) is 7.61. The Kier molecular flexibility index (Phi) is 7.08. The Hall–Kier alpha value is -1.85. The number of ether oxygens (including phenoxy) is 2. The summed E-state index contributed by atoms with van der Waals surface area (Å²) in [6.45, 7) is 5.42. The molecule has 1 aliphatic rings. The molecule has 0 amide bonds. The maximum absolute atomic E-state index is 12.2. The molecule has 1 saturated carbocycles. The quantitative estimate of drug-likeness (QED) is 0.420. The molecule has 0 aromatic rings. The number of rotatable bonds is 8. The van der Waals surface area contributed by atoms with E-state index in [2.05, 4.69) is 6.58 Å². The molecule has 2 atom stereocenters. The highest BCUT2D eigenvalue weighted by atomic mass is 16.5. The molecule has 1 aliphatic carbocycles. The summed E-state index contributed by atoms with van der Waals surface area (Å²) < 4.78 is 10.0. The fourth-order valence-electron chi connectivity index (χ4n) is 2.74. The number of carboxylic acid groups (broad SMARTS) is 1. The maximum atomic E-state index is 12.2. The second-order valence-corrected chi connectivity index (χ2v) is 5.77. The number of unbranched alkanes of at least 4 members (excludes halogenated alkanes) is 1. The maximum Gasteiger partial charge on any atom is 0.330 e. The lowest BCUT2D eigenvalue weighted by molar-refractivity contribution is -0.169. The lowest BCUT2D eigenvalue weighted by atomic mass is 9.67. The zero-order valence-electron chi connectivity index (χ0n) is 13.0. The Morgan fingerprint density at radius 3 is 2.45 bits per heavy atom. The van der Waals surface area contributed by atoms with Crippen LogP contribution in [0.15, 0.2) is 12.7 Å². The molecule has 124 valence electrons. The van der Waals surface area contributed by atoms with Gasteiger partial charge in [0.1, 0.15) is 0 Å². The third-order valence-corrected chi connectivity index (χ3v) is 4.16. The molecule has 0 heterocycles. The van der Waals surface area contributed by atoms with E-state index in [1.165, 1.54) is 0 Å². The van der Waals surface area contributed by atoms with Crippen LogP contribution < -0.4 is 0 Å². The van der Waals surface area contributed by atoms with Gasteiger partial charge in [0.15, 0.2) is 0 Å². The normalized spacial score (nSPS) is 24.3. The van der Waals surface area contributed by atoms with Crippen molar-refractivity contribution in [2.24, 2.45) is 11.3 Å². The average Bonchev–Trinajstić information content (AvgIpc) is 2.50. The number of hydrogen-bond acceptors (Lipinski definition) is 5.